The van der Waals surface area contributed by atoms with Gasteiger partial charge in [-0.3, -0.25) is 4.99 Å². The van der Waals surface area contributed by atoms with Crippen LogP contribution in [0.2, 0.25) is 0 Å². The number of nitrogens with one attached hydrogen (secondary N) is 1. The maximum Gasteiger partial charge on any atom is 0.0752 e. The number of hydrogen-bond acceptors (Lipinski definition) is 2. The van der Waals surface area contributed by atoms with Crippen LogP contribution in [0.1, 0.15) is 6.42 Å². The van der Waals surface area contributed by atoms with Gasteiger partial charge in [0.1, 0.15) is 0 Å². The van der Waals surface area contributed by atoms with Crippen molar-refractivity contribution < 1.29 is 0 Å². The minimum absolute atomic E-state index is 0.449. The molecule has 2 aliphatic heterocycles. The average Bonchev–Trinajstić information content (AvgIpc) is 2.56. The molecule has 2 nitrogen and oxygen atoms in total. The van der Waals surface area contributed by atoms with Gasteiger partial charge in [0.15, 0.2) is 0 Å². The molecule has 1 saturated heterocycles. The van der Waals surface area contributed by atoms with E-state index < -0.39 is 0 Å². The molecule has 0 aromatic carbocycles. The number of aliphatic imine (C=N–C) groups is 1. The van der Waals surface area contributed by atoms with Gasteiger partial charge >= 0.3 is 0 Å². The highest BCUT2D eigenvalue weighted by molar-refractivity contribution is 5.92. The normalized spacial score (nSPS) is 41.2. The van der Waals surface area contributed by atoms with E-state index in [4.69, 9.17) is 4.99 Å². The Balaban J connectivity index is 1.93. The van der Waals surface area contributed by atoms with Crippen molar-refractivity contribution in [2.24, 2.45) is 16.8 Å². The van der Waals surface area contributed by atoms with Crippen molar-refractivity contribution in [2.75, 3.05) is 13.1 Å². The molecule has 3 unspecified atom stereocenters. The molecule has 68 valence electrons. The molecule has 2 heteroatoms. The lowest BCUT2D eigenvalue weighted by Gasteiger charge is -2.25. The summed E-state index contributed by atoms with van der Waals surface area (Å²) in [6.45, 7) is 2.17. The lowest BCUT2D eigenvalue weighted by atomic mass is 9.81. The molecule has 3 aliphatic rings. The third-order valence-corrected chi connectivity index (χ3v) is 3.29. The number of piperidine rings is 1. The molecule has 1 fully saturated rings. The zero-order valence-electron chi connectivity index (χ0n) is 7.61. The van der Waals surface area contributed by atoms with Crippen molar-refractivity contribution in [3.05, 3.63) is 24.3 Å². The maximum atomic E-state index is 4.75. The van der Waals surface area contributed by atoms with Gasteiger partial charge in [0.2, 0.25) is 0 Å². The molecule has 0 spiro atoms. The molecular formula is C11H14N2. The van der Waals surface area contributed by atoms with Crippen LogP contribution in [0, 0.1) is 11.8 Å². The summed E-state index contributed by atoms with van der Waals surface area (Å²) >= 11 is 0. The summed E-state index contributed by atoms with van der Waals surface area (Å²) < 4.78 is 0. The summed E-state index contributed by atoms with van der Waals surface area (Å²) in [5, 5.41) is 3.39. The van der Waals surface area contributed by atoms with Gasteiger partial charge in [-0.05, 0) is 13.0 Å². The smallest absolute Gasteiger partial charge is 0.0752 e. The van der Waals surface area contributed by atoms with Crippen LogP contribution in [0.5, 0.6) is 0 Å². The Labute approximate surface area is 78.4 Å². The Morgan fingerprint density at radius 3 is 3.23 bits per heavy atom. The van der Waals surface area contributed by atoms with Gasteiger partial charge in [-0.25, -0.2) is 0 Å². The zero-order valence-corrected chi connectivity index (χ0v) is 7.61. The Bertz CT molecular complexity index is 301. The largest absolute Gasteiger partial charge is 0.311 e. The van der Waals surface area contributed by atoms with Crippen molar-refractivity contribution in [3.63, 3.8) is 0 Å². The first kappa shape index (κ1) is 7.51. The number of fused-ring (bicyclic) bond motifs is 3. The molecule has 0 bridgehead atoms. The summed E-state index contributed by atoms with van der Waals surface area (Å²) in [6, 6.07) is 0.449. The molecule has 0 saturated carbocycles. The van der Waals surface area contributed by atoms with E-state index >= 15 is 0 Å². The second-order valence-electron chi connectivity index (χ2n) is 4.03. The fourth-order valence-electron chi connectivity index (χ4n) is 2.63. The standard InChI is InChI=1S/C11H14N2/c1-2-4-10-8(3-1)9-5-6-12-7-11(9)13-10/h1-4,8-10,12H,5-7H2. The topological polar surface area (TPSA) is 24.4 Å². The van der Waals surface area contributed by atoms with E-state index in [9.17, 15) is 0 Å². The van der Waals surface area contributed by atoms with Crippen molar-refractivity contribution >= 4 is 5.71 Å². The van der Waals surface area contributed by atoms with Crippen molar-refractivity contribution in [2.45, 2.75) is 12.5 Å². The van der Waals surface area contributed by atoms with E-state index in [2.05, 4.69) is 29.6 Å². The molecule has 0 aromatic heterocycles. The summed E-state index contributed by atoms with van der Waals surface area (Å²) in [4.78, 5) is 4.75. The predicted molar refractivity (Wildman–Crippen MR) is 54.0 cm³/mol. The first-order chi connectivity index (χ1) is 6.45. The van der Waals surface area contributed by atoms with E-state index in [0.717, 1.165) is 19.0 Å². The van der Waals surface area contributed by atoms with E-state index in [0.29, 0.717) is 12.0 Å². The SMILES string of the molecule is C1=CC2N=C3CNCCC3C2C=C1. The van der Waals surface area contributed by atoms with Crippen LogP contribution in [0.3, 0.4) is 0 Å². The molecule has 0 amide bonds. The van der Waals surface area contributed by atoms with Gasteiger partial charge in [-0.15, -0.1) is 0 Å². The first-order valence-corrected chi connectivity index (χ1v) is 5.07. The lowest BCUT2D eigenvalue weighted by molar-refractivity contribution is 0.441. The van der Waals surface area contributed by atoms with E-state index in [1.54, 1.807) is 0 Å². The van der Waals surface area contributed by atoms with Gasteiger partial charge in [0.05, 0.1) is 6.04 Å². The fraction of sp³-hybridized carbons (Fsp3) is 0.545. The Morgan fingerprint density at radius 2 is 2.23 bits per heavy atom. The monoisotopic (exact) mass is 174 g/mol. The second kappa shape index (κ2) is 2.81. The van der Waals surface area contributed by atoms with Crippen LogP contribution in [0.25, 0.3) is 0 Å². The molecule has 13 heavy (non-hydrogen) atoms. The minimum atomic E-state index is 0.449. The molecule has 2 heterocycles. The highest BCUT2D eigenvalue weighted by atomic mass is 15.0. The molecule has 1 aliphatic carbocycles. The molecule has 0 radical (unpaired) electrons. The summed E-state index contributed by atoms with van der Waals surface area (Å²) in [6.07, 6.45) is 10.1. The van der Waals surface area contributed by atoms with Crippen LogP contribution in [0.4, 0.5) is 0 Å². The van der Waals surface area contributed by atoms with E-state index in [1.807, 2.05) is 0 Å². The summed E-state index contributed by atoms with van der Waals surface area (Å²) in [5.41, 5.74) is 1.40. The third kappa shape index (κ3) is 1.09. The lowest BCUT2D eigenvalue weighted by Crippen LogP contribution is -2.37. The van der Waals surface area contributed by atoms with Gasteiger partial charge in [0.25, 0.3) is 0 Å². The second-order valence-corrected chi connectivity index (χ2v) is 4.03. The minimum Gasteiger partial charge on any atom is -0.311 e. The number of nitrogens with zero attached hydrogens (tertiary/aromatic N) is 1. The summed E-state index contributed by atoms with van der Waals surface area (Å²) in [5.74, 6) is 1.40. The molecule has 3 rings (SSSR count). The van der Waals surface area contributed by atoms with E-state index in [1.165, 1.54) is 12.1 Å². The van der Waals surface area contributed by atoms with Gasteiger partial charge in [-0.1, -0.05) is 24.3 Å². The molecule has 1 N–H and O–H groups in total. The zero-order chi connectivity index (χ0) is 8.67. The Morgan fingerprint density at radius 1 is 1.31 bits per heavy atom. The molecular weight excluding hydrogens is 160 g/mol. The van der Waals surface area contributed by atoms with Gasteiger partial charge in [0, 0.05) is 24.1 Å². The van der Waals surface area contributed by atoms with Crippen molar-refractivity contribution in [3.8, 4) is 0 Å². The highest BCUT2D eigenvalue weighted by Crippen LogP contribution is 2.34. The Hall–Kier alpha value is -0.890. The van der Waals surface area contributed by atoms with Crippen LogP contribution in [-0.2, 0) is 0 Å². The van der Waals surface area contributed by atoms with Crippen molar-refractivity contribution in [1.29, 1.82) is 0 Å². The summed E-state index contributed by atoms with van der Waals surface area (Å²) in [7, 11) is 0. The molecule has 3 atom stereocenters. The highest BCUT2D eigenvalue weighted by Gasteiger charge is 2.37. The Kier molecular flexibility index (Phi) is 1.62. The van der Waals surface area contributed by atoms with Crippen LogP contribution >= 0.6 is 0 Å². The number of allylic oxidation sites excluding steroid dienone is 2. The van der Waals surface area contributed by atoms with Gasteiger partial charge in [-0.2, -0.15) is 0 Å². The van der Waals surface area contributed by atoms with Crippen LogP contribution < -0.4 is 5.32 Å². The van der Waals surface area contributed by atoms with E-state index in [-0.39, 0.29) is 0 Å². The third-order valence-electron chi connectivity index (χ3n) is 3.29. The molecule has 0 aromatic rings. The number of hydrogen-bond donors (Lipinski definition) is 1. The fourth-order valence-corrected chi connectivity index (χ4v) is 2.63. The van der Waals surface area contributed by atoms with Gasteiger partial charge < -0.3 is 5.32 Å². The number of rotatable bonds is 0. The van der Waals surface area contributed by atoms with Crippen LogP contribution in [-0.4, -0.2) is 24.8 Å². The maximum absolute atomic E-state index is 4.75. The predicted octanol–water partition coefficient (Wildman–Crippen LogP) is 1.16. The average molecular weight is 174 g/mol. The van der Waals surface area contributed by atoms with Crippen molar-refractivity contribution in [1.82, 2.24) is 5.32 Å². The first-order valence-electron chi connectivity index (χ1n) is 5.07. The quantitative estimate of drug-likeness (QED) is 0.585. The van der Waals surface area contributed by atoms with Crippen LogP contribution in [0.15, 0.2) is 29.3 Å².